The van der Waals surface area contributed by atoms with Crippen LogP contribution in [0.5, 0.6) is 0 Å². The lowest BCUT2D eigenvalue weighted by molar-refractivity contribution is -0.137. The van der Waals surface area contributed by atoms with Gasteiger partial charge in [0.2, 0.25) is 15.9 Å². The van der Waals surface area contributed by atoms with Crippen LogP contribution >= 0.6 is 11.6 Å². The van der Waals surface area contributed by atoms with Crippen molar-refractivity contribution in [2.24, 2.45) is 11.8 Å². The Morgan fingerprint density at radius 1 is 1.14 bits per heavy atom. The molecule has 1 amide bonds. The molecule has 4 fully saturated rings. The predicted molar refractivity (Wildman–Crippen MR) is 158 cm³/mol. The maximum absolute atomic E-state index is 14.4. The van der Waals surface area contributed by atoms with E-state index in [1.165, 1.54) is 18.3 Å². The molecule has 1 spiro atoms. The highest BCUT2D eigenvalue weighted by atomic mass is 35.5. The highest BCUT2D eigenvalue weighted by Crippen LogP contribution is 2.55. The molecule has 3 heterocycles. The normalized spacial score (nSPS) is 32.1. The van der Waals surface area contributed by atoms with Gasteiger partial charge in [-0.15, -0.1) is 0 Å². The molecule has 7 atom stereocenters. The zero-order valence-electron chi connectivity index (χ0n) is 24.3. The molecule has 2 aromatic rings. The van der Waals surface area contributed by atoms with Crippen molar-refractivity contribution < 1.29 is 30.8 Å². The lowest BCUT2D eigenvalue weighted by atomic mass is 9.80. The number of sulfonamides is 1. The first kappa shape index (κ1) is 31.7. The molecule has 2 aliphatic carbocycles. The van der Waals surface area contributed by atoms with Gasteiger partial charge in [-0.25, -0.2) is 12.8 Å². The van der Waals surface area contributed by atoms with Crippen molar-refractivity contribution in [3.05, 3.63) is 64.2 Å². The largest absolute Gasteiger partial charge is 0.417 e. The van der Waals surface area contributed by atoms with Gasteiger partial charge < -0.3 is 10.6 Å². The van der Waals surface area contributed by atoms with E-state index >= 15 is 0 Å². The molecule has 44 heavy (non-hydrogen) atoms. The molecule has 0 radical (unpaired) electrons. The van der Waals surface area contributed by atoms with Crippen LogP contribution in [0.2, 0.25) is 5.02 Å². The van der Waals surface area contributed by atoms with Crippen molar-refractivity contribution in [2.75, 3.05) is 18.8 Å². The third-order valence-corrected chi connectivity index (χ3v) is 12.4. The number of alkyl halides is 3. The van der Waals surface area contributed by atoms with E-state index in [1.54, 1.807) is 4.31 Å². The van der Waals surface area contributed by atoms with Gasteiger partial charge >= 0.3 is 6.18 Å². The van der Waals surface area contributed by atoms with Gasteiger partial charge in [-0.1, -0.05) is 30.5 Å². The number of fused-ring (bicyclic) bond motifs is 3. The summed E-state index contributed by atoms with van der Waals surface area (Å²) in [6.07, 6.45) is 3.91. The van der Waals surface area contributed by atoms with Crippen LogP contribution in [0.4, 0.5) is 17.6 Å². The first-order valence-corrected chi connectivity index (χ1v) is 17.3. The van der Waals surface area contributed by atoms with Crippen molar-refractivity contribution in [2.45, 2.75) is 87.5 Å². The summed E-state index contributed by atoms with van der Waals surface area (Å²) in [5, 5.41) is 6.61. The van der Waals surface area contributed by atoms with Crippen LogP contribution in [-0.4, -0.2) is 60.1 Å². The number of benzene rings is 1. The van der Waals surface area contributed by atoms with Crippen LogP contribution < -0.4 is 10.6 Å². The minimum absolute atomic E-state index is 0.126. The number of rotatable bonds is 7. The predicted octanol–water partition coefficient (Wildman–Crippen LogP) is 5.64. The number of carbonyl (C=O) groups is 1. The zero-order valence-corrected chi connectivity index (χ0v) is 25.8. The molecule has 13 heteroatoms. The molecule has 6 rings (SSSR count). The molecule has 2 saturated heterocycles. The van der Waals surface area contributed by atoms with Crippen molar-refractivity contribution in [1.29, 1.82) is 0 Å². The van der Waals surface area contributed by atoms with Gasteiger partial charge in [0.15, 0.2) is 0 Å². The van der Waals surface area contributed by atoms with E-state index in [-0.39, 0.29) is 52.6 Å². The number of nitrogens with zero attached hydrogens (tertiary/aromatic N) is 2. The number of carbonyl (C=O) groups excluding carboxylic acids is 1. The molecule has 2 saturated carbocycles. The first-order valence-electron chi connectivity index (χ1n) is 15.4. The van der Waals surface area contributed by atoms with E-state index in [2.05, 4.69) is 15.6 Å². The average Bonchev–Trinajstić information content (AvgIpc) is 3.68. The van der Waals surface area contributed by atoms with Gasteiger partial charge in [-0.3, -0.25) is 9.78 Å². The van der Waals surface area contributed by atoms with Crippen molar-refractivity contribution >= 4 is 27.5 Å². The summed E-state index contributed by atoms with van der Waals surface area (Å²) in [4.78, 5) is 17.3. The van der Waals surface area contributed by atoms with Gasteiger partial charge in [-0.05, 0) is 79.7 Å². The third-order valence-electron chi connectivity index (χ3n) is 10.1. The van der Waals surface area contributed by atoms with Gasteiger partial charge in [-0.2, -0.15) is 17.5 Å². The van der Waals surface area contributed by atoms with E-state index < -0.39 is 39.0 Å². The Morgan fingerprint density at radius 3 is 2.70 bits per heavy atom. The van der Waals surface area contributed by atoms with Crippen molar-refractivity contribution in [1.82, 2.24) is 19.9 Å². The molecule has 1 aromatic heterocycles. The Balaban J connectivity index is 1.18. The lowest BCUT2D eigenvalue weighted by Gasteiger charge is -2.40. The monoisotopic (exact) mass is 656 g/mol. The number of hydrogen-bond donors (Lipinski definition) is 2. The topological polar surface area (TPSA) is 91.4 Å². The maximum Gasteiger partial charge on any atom is 0.417 e. The Kier molecular flexibility index (Phi) is 8.75. The summed E-state index contributed by atoms with van der Waals surface area (Å²) >= 11 is 5.86. The summed E-state index contributed by atoms with van der Waals surface area (Å²) in [5.41, 5.74) is -0.870. The van der Waals surface area contributed by atoms with Gasteiger partial charge in [0.25, 0.3) is 0 Å². The van der Waals surface area contributed by atoms with Gasteiger partial charge in [0.05, 0.1) is 21.9 Å². The number of nitrogens with one attached hydrogen (secondary N) is 2. The third kappa shape index (κ3) is 6.50. The Labute approximate surface area is 260 Å². The van der Waals surface area contributed by atoms with Crippen LogP contribution in [0.3, 0.4) is 0 Å². The Bertz CT molecular complexity index is 1510. The molecular weight excluding hydrogens is 620 g/mol. The highest BCUT2D eigenvalue weighted by Gasteiger charge is 2.63. The van der Waals surface area contributed by atoms with E-state index in [9.17, 15) is 30.8 Å². The molecule has 4 aliphatic rings. The molecule has 2 unspecified atom stereocenters. The Morgan fingerprint density at radius 2 is 1.93 bits per heavy atom. The summed E-state index contributed by atoms with van der Waals surface area (Å²) in [5.74, 6) is -1.40. The maximum atomic E-state index is 14.4. The van der Waals surface area contributed by atoms with E-state index in [0.717, 1.165) is 63.3 Å². The summed E-state index contributed by atoms with van der Waals surface area (Å²) < 4.78 is 82.9. The number of pyridine rings is 1. The van der Waals surface area contributed by atoms with Crippen LogP contribution in [0.25, 0.3) is 0 Å². The average molecular weight is 657 g/mol. The van der Waals surface area contributed by atoms with Crippen molar-refractivity contribution in [3.63, 3.8) is 0 Å². The van der Waals surface area contributed by atoms with Gasteiger partial charge in [0.1, 0.15) is 5.82 Å². The Hall–Kier alpha value is -2.28. The fraction of sp³-hybridized carbons (Fsp3) is 0.613. The number of piperazine rings is 1. The van der Waals surface area contributed by atoms with Crippen LogP contribution in [0, 0.1) is 17.7 Å². The second kappa shape index (κ2) is 12.1. The number of hydrogen-bond acceptors (Lipinski definition) is 5. The number of aromatic nitrogens is 1. The SMILES string of the molecule is O=C(C[C@H](c1cncc(C(F)(F)F)c1)c1ccc(Cl)c(F)c1)N[C@H]1CCCC[C@@H]1C[C@@H]1CC12CN[C@@H]1CCCS(=O)(=O)N2C1. The minimum atomic E-state index is -4.63. The zero-order chi connectivity index (χ0) is 31.3. The van der Waals surface area contributed by atoms with Crippen LogP contribution in [-0.2, 0) is 21.0 Å². The van der Waals surface area contributed by atoms with E-state index in [1.807, 2.05) is 0 Å². The smallest absolute Gasteiger partial charge is 0.353 e. The second-order valence-corrected chi connectivity index (χ2v) is 15.4. The fourth-order valence-corrected chi connectivity index (χ4v) is 9.83. The van der Waals surface area contributed by atoms with Crippen LogP contribution in [0.15, 0.2) is 36.7 Å². The molecule has 1 aromatic carbocycles. The minimum Gasteiger partial charge on any atom is -0.353 e. The van der Waals surface area contributed by atoms with E-state index in [0.29, 0.717) is 25.1 Å². The fourth-order valence-electron chi connectivity index (χ4n) is 7.71. The number of halogens is 5. The molecular formula is C31H37ClF4N4O3S. The molecule has 7 nitrogen and oxygen atoms in total. The van der Waals surface area contributed by atoms with E-state index in [4.69, 9.17) is 11.6 Å². The standard InChI is InChI=1S/C31H37ClF4N4O3S/c32-26-8-7-19(12-27(26)33)25(21-11-23(16-37-15-21)31(34,35)36)13-29(41)39-28-6-2-1-4-20(28)10-22-14-30(22)18-38-24-5-3-9-44(42,43)40(30)17-24/h7-8,11-12,15-16,20,22,24-25,28,38H,1-6,9-10,13-14,17-18H2,(H,39,41)/t20-,22-,24-,25+,28+,30?/m1/s1. The molecule has 2 N–H and O–H groups in total. The summed E-state index contributed by atoms with van der Waals surface area (Å²) in [6.45, 7) is 1.16. The summed E-state index contributed by atoms with van der Waals surface area (Å²) in [7, 11) is -3.31. The van der Waals surface area contributed by atoms with Gasteiger partial charge in [0, 0.05) is 49.9 Å². The van der Waals surface area contributed by atoms with Crippen molar-refractivity contribution in [3.8, 4) is 0 Å². The molecule has 240 valence electrons. The summed E-state index contributed by atoms with van der Waals surface area (Å²) in [6, 6.07) is 4.99. The second-order valence-electron chi connectivity index (χ2n) is 13.0. The van der Waals surface area contributed by atoms with Crippen LogP contribution in [0.1, 0.15) is 80.4 Å². The lowest BCUT2D eigenvalue weighted by Crippen LogP contribution is -2.59. The first-order chi connectivity index (χ1) is 20.9. The highest BCUT2D eigenvalue weighted by molar-refractivity contribution is 7.89. The number of amides is 1. The molecule has 2 aliphatic heterocycles. The molecule has 2 bridgehead atoms. The quantitative estimate of drug-likeness (QED) is 0.377.